The first-order valence-corrected chi connectivity index (χ1v) is 14.5. The number of methoxy groups -OCH3 is 1. The van der Waals surface area contributed by atoms with Gasteiger partial charge in [-0.3, -0.25) is 19.7 Å². The number of carbonyl (C=O) groups excluding carboxylic acids is 4. The molecule has 1 atom stereocenters. The number of hydrogen-bond donors (Lipinski definition) is 2. The maximum atomic E-state index is 11.5. The molecule has 4 aliphatic heterocycles. The van der Waals surface area contributed by atoms with Crippen LogP contribution in [0, 0.1) is 11.8 Å². The molecule has 2 saturated heterocycles. The number of urea groups is 1. The van der Waals surface area contributed by atoms with Crippen LogP contribution in [0.1, 0.15) is 75.7 Å². The van der Waals surface area contributed by atoms with Gasteiger partial charge in [0.15, 0.2) is 6.04 Å². The van der Waals surface area contributed by atoms with Gasteiger partial charge in [0.05, 0.1) is 7.11 Å². The molecule has 0 bridgehead atoms. The van der Waals surface area contributed by atoms with E-state index in [1.807, 2.05) is 52.1 Å². The molecule has 10 nitrogen and oxygen atoms in total. The van der Waals surface area contributed by atoms with Crippen LogP contribution < -0.4 is 15.4 Å². The van der Waals surface area contributed by atoms with Crippen LogP contribution in [0.5, 0.6) is 5.75 Å². The molecule has 10 heteroatoms. The van der Waals surface area contributed by atoms with Gasteiger partial charge < -0.3 is 19.9 Å². The van der Waals surface area contributed by atoms with E-state index in [-0.39, 0.29) is 5.91 Å². The Kier molecular flexibility index (Phi) is 14.0. The lowest BCUT2D eigenvalue weighted by atomic mass is 10.1. The van der Waals surface area contributed by atoms with Gasteiger partial charge in [-0.05, 0) is 42.2 Å². The lowest BCUT2D eigenvalue weighted by Gasteiger charge is -2.27. The first-order valence-electron chi connectivity index (χ1n) is 14.5. The lowest BCUT2D eigenvalue weighted by Crippen LogP contribution is -2.37. The Morgan fingerprint density at radius 3 is 2.43 bits per heavy atom. The summed E-state index contributed by atoms with van der Waals surface area (Å²) in [5.74, 6) is 7.34. The minimum Gasteiger partial charge on any atom is -0.497 e. The number of imide groups is 1. The van der Waals surface area contributed by atoms with Crippen LogP contribution in [0.3, 0.4) is 0 Å². The number of allylic oxidation sites excluding steroid dienone is 2. The average molecular weight is 578 g/mol. The van der Waals surface area contributed by atoms with E-state index in [0.29, 0.717) is 31.6 Å². The second kappa shape index (κ2) is 17.4. The van der Waals surface area contributed by atoms with Crippen LogP contribution in [-0.2, 0) is 16.1 Å². The second-order valence-corrected chi connectivity index (χ2v) is 9.31. The number of carbonyl (C=O) groups is 4. The van der Waals surface area contributed by atoms with Crippen molar-refractivity contribution >= 4 is 29.5 Å². The highest BCUT2D eigenvalue weighted by Crippen LogP contribution is 2.25. The number of piperidine rings is 1. The fraction of sp³-hybridized carbons (Fsp3) is 0.469. The summed E-state index contributed by atoms with van der Waals surface area (Å²) in [5.41, 5.74) is 3.00. The number of ether oxygens (including phenoxy) is 1. The molecule has 1 aromatic rings. The van der Waals surface area contributed by atoms with E-state index < -0.39 is 18.0 Å². The Balaban J connectivity index is 0.000000304. The normalized spacial score (nSPS) is 18.6. The molecule has 0 spiro atoms. The average Bonchev–Trinajstić information content (AvgIpc) is 3.36. The molecule has 2 N–H and O–H groups in total. The van der Waals surface area contributed by atoms with Gasteiger partial charge in [-0.15, -0.1) is 5.92 Å². The molecule has 4 heterocycles. The third-order valence-corrected chi connectivity index (χ3v) is 6.56. The largest absolute Gasteiger partial charge is 0.497 e. The number of rotatable bonds is 3. The molecule has 4 aliphatic rings. The van der Waals surface area contributed by atoms with Crippen LogP contribution in [-0.4, -0.2) is 72.6 Å². The highest BCUT2D eigenvalue weighted by atomic mass is 16.5. The number of Topliss-reactive ketones (excluding diaryl/α,β-unsaturated/α-hetero) is 1. The van der Waals surface area contributed by atoms with Crippen LogP contribution in [0.15, 0.2) is 47.1 Å². The van der Waals surface area contributed by atoms with Gasteiger partial charge in [0.25, 0.3) is 11.8 Å². The molecule has 0 aromatic heterocycles. The minimum atomic E-state index is -0.748. The minimum absolute atomic E-state index is 0.0777. The van der Waals surface area contributed by atoms with Crippen molar-refractivity contribution in [3.8, 4) is 17.6 Å². The summed E-state index contributed by atoms with van der Waals surface area (Å²) in [6.07, 6.45) is 9.29. The van der Waals surface area contributed by atoms with Crippen molar-refractivity contribution in [1.29, 1.82) is 0 Å². The van der Waals surface area contributed by atoms with Crippen LogP contribution in [0.4, 0.5) is 4.79 Å². The summed E-state index contributed by atoms with van der Waals surface area (Å²) in [4.78, 5) is 53.6. The zero-order chi connectivity index (χ0) is 31.1. The topological polar surface area (TPSA) is 120 Å². The molecule has 1 unspecified atom stereocenters. The highest BCUT2D eigenvalue weighted by Gasteiger charge is 2.27. The number of nitrogens with one attached hydrogen (secondary N) is 2. The third kappa shape index (κ3) is 9.61. The monoisotopic (exact) mass is 577 g/mol. The first kappa shape index (κ1) is 33.8. The molecular formula is C32H43N5O5. The fourth-order valence-electron chi connectivity index (χ4n) is 4.38. The number of ketones is 1. The van der Waals surface area contributed by atoms with E-state index in [4.69, 9.17) is 4.74 Å². The summed E-state index contributed by atoms with van der Waals surface area (Å²) < 4.78 is 5.05. The van der Waals surface area contributed by atoms with Gasteiger partial charge in [0.1, 0.15) is 17.4 Å². The SMILES string of the molecule is CC.CC.COc1ccc2c(c1)C(=O)N(C)C2.O=C1CCN(C2=NC=C(CCC#CC3NC(=O)NC3=O)CC=C2)CC1. The fourth-order valence-corrected chi connectivity index (χ4v) is 4.38. The highest BCUT2D eigenvalue weighted by molar-refractivity contribution is 6.05. The van der Waals surface area contributed by atoms with Crippen molar-refractivity contribution < 1.29 is 23.9 Å². The summed E-state index contributed by atoms with van der Waals surface area (Å²) in [6.45, 7) is 10.2. The number of amides is 4. The van der Waals surface area contributed by atoms with E-state index >= 15 is 0 Å². The standard InChI is InChI=1S/C18H20N4O3.C10H11NO2.2C2H6/c23-14-8-10-22(11-9-14)16-7-3-5-13(12-19-16)4-1-2-6-15-17(24)21-18(25)20-15;1-11-6-7-3-4-8(13-2)5-9(7)10(11)12;2*1-2/h3,7,12,15H,1,4-5,8-11H2,(H2,20,21,24,25);3-5H,6H2,1-2H3;2*1-2H3. The van der Waals surface area contributed by atoms with E-state index in [1.165, 1.54) is 0 Å². The predicted molar refractivity (Wildman–Crippen MR) is 164 cm³/mol. The summed E-state index contributed by atoms with van der Waals surface area (Å²) in [7, 11) is 3.40. The lowest BCUT2D eigenvalue weighted by molar-refractivity contribution is -0.121. The molecule has 5 rings (SSSR count). The smallest absolute Gasteiger partial charge is 0.322 e. The number of likely N-dealkylation sites (tertiary alicyclic amines) is 1. The molecular weight excluding hydrogens is 534 g/mol. The van der Waals surface area contributed by atoms with Gasteiger partial charge in [-0.25, -0.2) is 9.79 Å². The van der Waals surface area contributed by atoms with E-state index in [0.717, 1.165) is 54.2 Å². The predicted octanol–water partition coefficient (Wildman–Crippen LogP) is 4.22. The van der Waals surface area contributed by atoms with Crippen molar-refractivity contribution in [2.45, 2.75) is 72.4 Å². The van der Waals surface area contributed by atoms with E-state index in [2.05, 4.69) is 38.4 Å². The number of amidine groups is 1. The zero-order valence-electron chi connectivity index (χ0n) is 25.6. The number of nitrogens with zero attached hydrogens (tertiary/aromatic N) is 3. The summed E-state index contributed by atoms with van der Waals surface area (Å²) >= 11 is 0. The maximum Gasteiger partial charge on any atom is 0.322 e. The number of fused-ring (bicyclic) bond motifs is 1. The van der Waals surface area contributed by atoms with Gasteiger partial charge in [0.2, 0.25) is 0 Å². The molecule has 226 valence electrons. The van der Waals surface area contributed by atoms with Gasteiger partial charge in [0, 0.05) is 57.7 Å². The maximum absolute atomic E-state index is 11.5. The first-order chi connectivity index (χ1) is 20.3. The summed E-state index contributed by atoms with van der Waals surface area (Å²) in [5, 5.41) is 4.60. The second-order valence-electron chi connectivity index (χ2n) is 9.31. The van der Waals surface area contributed by atoms with Crippen LogP contribution in [0.25, 0.3) is 0 Å². The van der Waals surface area contributed by atoms with Crippen molar-refractivity contribution in [1.82, 2.24) is 20.4 Å². The van der Waals surface area contributed by atoms with Gasteiger partial charge in [-0.1, -0.05) is 45.8 Å². The Hall–Kier alpha value is -4.39. The number of aliphatic imine (C=N–C) groups is 1. The number of hydrogen-bond acceptors (Lipinski definition) is 7. The third-order valence-electron chi connectivity index (χ3n) is 6.56. The van der Waals surface area contributed by atoms with Crippen LogP contribution >= 0.6 is 0 Å². The van der Waals surface area contributed by atoms with Crippen molar-refractivity contribution in [3.05, 3.63) is 53.3 Å². The van der Waals surface area contributed by atoms with Crippen molar-refractivity contribution in [2.75, 3.05) is 27.2 Å². The molecule has 4 amide bonds. The Labute approximate surface area is 249 Å². The summed E-state index contributed by atoms with van der Waals surface area (Å²) in [6, 6.07) is 4.37. The quantitative estimate of drug-likeness (QED) is 0.410. The van der Waals surface area contributed by atoms with Crippen molar-refractivity contribution in [2.24, 2.45) is 4.99 Å². The molecule has 0 saturated carbocycles. The molecule has 42 heavy (non-hydrogen) atoms. The zero-order valence-corrected chi connectivity index (χ0v) is 25.6. The van der Waals surface area contributed by atoms with E-state index in [1.54, 1.807) is 25.1 Å². The Morgan fingerprint density at radius 2 is 1.79 bits per heavy atom. The van der Waals surface area contributed by atoms with Gasteiger partial charge >= 0.3 is 6.03 Å². The van der Waals surface area contributed by atoms with E-state index in [9.17, 15) is 19.2 Å². The molecule has 0 aliphatic carbocycles. The Bertz CT molecular complexity index is 1280. The van der Waals surface area contributed by atoms with Gasteiger partial charge in [-0.2, -0.15) is 0 Å². The van der Waals surface area contributed by atoms with Crippen LogP contribution in [0.2, 0.25) is 0 Å². The van der Waals surface area contributed by atoms with Crippen molar-refractivity contribution in [3.63, 3.8) is 0 Å². The number of benzene rings is 1. The molecule has 0 radical (unpaired) electrons. The molecule has 1 aromatic carbocycles. The Morgan fingerprint density at radius 1 is 1.07 bits per heavy atom. The molecule has 2 fully saturated rings.